The summed E-state index contributed by atoms with van der Waals surface area (Å²) < 4.78 is 10.4. The van der Waals surface area contributed by atoms with Crippen molar-refractivity contribution in [2.24, 2.45) is 0 Å². The number of hydrogen-bond donors (Lipinski definition) is 1. The zero-order valence-corrected chi connectivity index (χ0v) is 10.3. The molecule has 2 aromatic rings. The van der Waals surface area contributed by atoms with Gasteiger partial charge in [-0.1, -0.05) is 5.16 Å². The van der Waals surface area contributed by atoms with Crippen LogP contribution in [0.25, 0.3) is 11.7 Å². The van der Waals surface area contributed by atoms with E-state index in [1.807, 2.05) is 6.07 Å². The van der Waals surface area contributed by atoms with Crippen molar-refractivity contribution in [2.45, 2.75) is 19.5 Å². The summed E-state index contributed by atoms with van der Waals surface area (Å²) in [5, 5.41) is 7.35. The lowest BCUT2D eigenvalue weighted by Gasteiger charge is -2.32. The Morgan fingerprint density at radius 3 is 3.28 bits per heavy atom. The van der Waals surface area contributed by atoms with Crippen molar-refractivity contribution in [3.8, 4) is 11.7 Å². The molecule has 3 rings (SSSR count). The van der Waals surface area contributed by atoms with Gasteiger partial charge in [0.25, 0.3) is 5.89 Å². The average Bonchev–Trinajstić information content (AvgIpc) is 3.02. The van der Waals surface area contributed by atoms with E-state index < -0.39 is 0 Å². The molecule has 0 spiro atoms. The van der Waals surface area contributed by atoms with E-state index in [0.29, 0.717) is 30.1 Å². The molecule has 2 aromatic heterocycles. The Morgan fingerprint density at radius 1 is 1.56 bits per heavy atom. The van der Waals surface area contributed by atoms with E-state index in [9.17, 15) is 0 Å². The molecule has 6 heteroatoms. The van der Waals surface area contributed by atoms with Crippen LogP contribution in [0.4, 0.5) is 0 Å². The highest BCUT2D eigenvalue weighted by Crippen LogP contribution is 2.18. The molecule has 0 aromatic carbocycles. The molecule has 1 N–H and O–H groups in total. The lowest BCUT2D eigenvalue weighted by atomic mass is 10.2. The summed E-state index contributed by atoms with van der Waals surface area (Å²) in [6.45, 7) is 5.93. The predicted molar refractivity (Wildman–Crippen MR) is 64.7 cm³/mol. The largest absolute Gasteiger partial charge is 0.459 e. The average molecular weight is 248 g/mol. The van der Waals surface area contributed by atoms with Crippen LogP contribution in [0.2, 0.25) is 0 Å². The van der Waals surface area contributed by atoms with Crippen LogP contribution < -0.4 is 5.32 Å². The molecular formula is C12H16N4O2. The summed E-state index contributed by atoms with van der Waals surface area (Å²) in [5.41, 5.74) is 0. The number of furan rings is 1. The Kier molecular flexibility index (Phi) is 3.12. The van der Waals surface area contributed by atoms with Crippen LogP contribution in [0.5, 0.6) is 0 Å². The van der Waals surface area contributed by atoms with E-state index in [1.165, 1.54) is 0 Å². The first-order valence-electron chi connectivity index (χ1n) is 6.14. The van der Waals surface area contributed by atoms with Crippen molar-refractivity contribution in [2.75, 3.05) is 19.6 Å². The van der Waals surface area contributed by atoms with Crippen molar-refractivity contribution in [3.05, 3.63) is 24.2 Å². The summed E-state index contributed by atoms with van der Waals surface area (Å²) in [6, 6.07) is 4.10. The molecule has 1 aliphatic rings. The Labute approximate surface area is 105 Å². The van der Waals surface area contributed by atoms with E-state index in [0.717, 1.165) is 19.6 Å². The Bertz CT molecular complexity index is 494. The van der Waals surface area contributed by atoms with Crippen LogP contribution in [0.3, 0.4) is 0 Å². The third-order valence-corrected chi connectivity index (χ3v) is 3.18. The quantitative estimate of drug-likeness (QED) is 0.878. The molecule has 0 saturated carbocycles. The zero-order valence-electron chi connectivity index (χ0n) is 10.3. The smallest absolute Gasteiger partial charge is 0.293 e. The monoisotopic (exact) mass is 248 g/mol. The van der Waals surface area contributed by atoms with Crippen LogP contribution in [0, 0.1) is 0 Å². The molecule has 0 bridgehead atoms. The van der Waals surface area contributed by atoms with Gasteiger partial charge in [-0.2, -0.15) is 4.98 Å². The second-order valence-electron chi connectivity index (χ2n) is 4.52. The van der Waals surface area contributed by atoms with Crippen molar-refractivity contribution in [1.82, 2.24) is 20.4 Å². The van der Waals surface area contributed by atoms with Crippen molar-refractivity contribution < 1.29 is 8.94 Å². The van der Waals surface area contributed by atoms with Gasteiger partial charge in [0.15, 0.2) is 11.6 Å². The van der Waals surface area contributed by atoms with Gasteiger partial charge in [0, 0.05) is 25.7 Å². The summed E-state index contributed by atoms with van der Waals surface area (Å²) in [6.07, 6.45) is 1.59. The van der Waals surface area contributed by atoms with E-state index in [1.54, 1.807) is 12.3 Å². The van der Waals surface area contributed by atoms with E-state index in [-0.39, 0.29) is 0 Å². The standard InChI is InChI=1S/C12H16N4O2/c1-9-7-13-4-5-16(9)8-11-14-12(18-15-11)10-3-2-6-17-10/h2-3,6,9,13H,4-5,7-8H2,1H3/t9-/m1/s1. The maximum Gasteiger partial charge on any atom is 0.293 e. The molecule has 1 saturated heterocycles. The molecule has 96 valence electrons. The molecule has 0 unspecified atom stereocenters. The summed E-state index contributed by atoms with van der Waals surface area (Å²) in [4.78, 5) is 6.69. The zero-order chi connectivity index (χ0) is 12.4. The van der Waals surface area contributed by atoms with Gasteiger partial charge in [0.2, 0.25) is 0 Å². The van der Waals surface area contributed by atoms with Crippen LogP contribution in [0.15, 0.2) is 27.3 Å². The molecule has 0 radical (unpaired) electrons. The Morgan fingerprint density at radius 2 is 2.50 bits per heavy atom. The second-order valence-corrected chi connectivity index (χ2v) is 4.52. The highest BCUT2D eigenvalue weighted by Gasteiger charge is 2.20. The molecule has 6 nitrogen and oxygen atoms in total. The fourth-order valence-corrected chi connectivity index (χ4v) is 2.12. The highest BCUT2D eigenvalue weighted by molar-refractivity contribution is 5.42. The van der Waals surface area contributed by atoms with Gasteiger partial charge < -0.3 is 14.3 Å². The number of nitrogens with one attached hydrogen (secondary N) is 1. The lowest BCUT2D eigenvalue weighted by molar-refractivity contribution is 0.160. The number of hydrogen-bond acceptors (Lipinski definition) is 6. The van der Waals surface area contributed by atoms with E-state index in [4.69, 9.17) is 8.94 Å². The van der Waals surface area contributed by atoms with Crippen molar-refractivity contribution in [3.63, 3.8) is 0 Å². The first-order chi connectivity index (χ1) is 8.83. The van der Waals surface area contributed by atoms with Crippen LogP contribution in [0.1, 0.15) is 12.7 Å². The third-order valence-electron chi connectivity index (χ3n) is 3.18. The van der Waals surface area contributed by atoms with Crippen LogP contribution in [-0.4, -0.2) is 40.7 Å². The summed E-state index contributed by atoms with van der Waals surface area (Å²) in [7, 11) is 0. The normalized spacial score (nSPS) is 21.3. The second kappa shape index (κ2) is 4.91. The van der Waals surface area contributed by atoms with Gasteiger partial charge in [-0.25, -0.2) is 0 Å². The number of aromatic nitrogens is 2. The van der Waals surface area contributed by atoms with Crippen molar-refractivity contribution in [1.29, 1.82) is 0 Å². The van der Waals surface area contributed by atoms with Crippen molar-refractivity contribution >= 4 is 0 Å². The topological polar surface area (TPSA) is 67.3 Å². The minimum atomic E-state index is 0.442. The molecule has 18 heavy (non-hydrogen) atoms. The highest BCUT2D eigenvalue weighted by atomic mass is 16.5. The maximum absolute atomic E-state index is 5.22. The molecule has 1 atom stereocenters. The van der Waals surface area contributed by atoms with Gasteiger partial charge in [-0.05, 0) is 19.1 Å². The van der Waals surface area contributed by atoms with Gasteiger partial charge in [-0.15, -0.1) is 0 Å². The lowest BCUT2D eigenvalue weighted by Crippen LogP contribution is -2.49. The van der Waals surface area contributed by atoms with Crippen LogP contribution in [-0.2, 0) is 6.54 Å². The SMILES string of the molecule is C[C@@H]1CNCCN1Cc1noc(-c2ccco2)n1. The third kappa shape index (κ3) is 2.30. The molecule has 0 amide bonds. The molecule has 1 fully saturated rings. The number of rotatable bonds is 3. The minimum Gasteiger partial charge on any atom is -0.459 e. The van der Waals surface area contributed by atoms with Gasteiger partial charge in [-0.3, -0.25) is 4.90 Å². The molecule has 1 aliphatic heterocycles. The molecule has 3 heterocycles. The fourth-order valence-electron chi connectivity index (χ4n) is 2.12. The first-order valence-corrected chi connectivity index (χ1v) is 6.14. The van der Waals surface area contributed by atoms with Gasteiger partial charge in [0.1, 0.15) is 0 Å². The van der Waals surface area contributed by atoms with Gasteiger partial charge in [0.05, 0.1) is 12.8 Å². The maximum atomic E-state index is 5.22. The first kappa shape index (κ1) is 11.4. The van der Waals surface area contributed by atoms with Crippen LogP contribution >= 0.6 is 0 Å². The predicted octanol–water partition coefficient (Wildman–Crippen LogP) is 1.12. The van der Waals surface area contributed by atoms with Gasteiger partial charge >= 0.3 is 0 Å². The Hall–Kier alpha value is -1.66. The molecule has 0 aliphatic carbocycles. The Balaban J connectivity index is 1.70. The fraction of sp³-hybridized carbons (Fsp3) is 0.500. The summed E-state index contributed by atoms with van der Waals surface area (Å²) in [5.74, 6) is 1.76. The van der Waals surface area contributed by atoms with E-state index in [2.05, 4.69) is 27.3 Å². The molecular weight excluding hydrogens is 232 g/mol. The van der Waals surface area contributed by atoms with E-state index >= 15 is 0 Å². The number of piperazine rings is 1. The summed E-state index contributed by atoms with van der Waals surface area (Å²) >= 11 is 0. The number of nitrogens with zero attached hydrogens (tertiary/aromatic N) is 3. The minimum absolute atomic E-state index is 0.442.